The molecule has 1 saturated heterocycles. The second kappa shape index (κ2) is 6.85. The van der Waals surface area contributed by atoms with E-state index in [9.17, 15) is 4.79 Å². The summed E-state index contributed by atoms with van der Waals surface area (Å²) in [6, 6.07) is -0.245. The summed E-state index contributed by atoms with van der Waals surface area (Å²) in [5.41, 5.74) is -0.184. The first-order valence-corrected chi connectivity index (χ1v) is 8.71. The van der Waals surface area contributed by atoms with Crippen LogP contribution in [0, 0.1) is 0 Å². The fourth-order valence-electron chi connectivity index (χ4n) is 2.98. The van der Waals surface area contributed by atoms with E-state index in [1.165, 1.54) is 0 Å². The highest BCUT2D eigenvalue weighted by Gasteiger charge is 2.31. The number of hydrogen-bond donors (Lipinski definition) is 1. The van der Waals surface area contributed by atoms with Crippen molar-refractivity contribution in [3.05, 3.63) is 30.4 Å². The molecule has 1 fully saturated rings. The molecule has 8 nitrogen and oxygen atoms in total. The highest BCUT2D eigenvalue weighted by molar-refractivity contribution is 5.75. The molecule has 0 saturated carbocycles. The summed E-state index contributed by atoms with van der Waals surface area (Å²) < 4.78 is 7.33. The Morgan fingerprint density at radius 1 is 1.48 bits per heavy atom. The van der Waals surface area contributed by atoms with Crippen molar-refractivity contribution >= 4 is 6.03 Å². The third kappa shape index (κ3) is 4.00. The van der Waals surface area contributed by atoms with Crippen LogP contribution in [0.1, 0.15) is 58.3 Å². The first kappa shape index (κ1) is 17.4. The van der Waals surface area contributed by atoms with Crippen LogP contribution in [-0.2, 0) is 12.0 Å². The van der Waals surface area contributed by atoms with Crippen LogP contribution in [0.3, 0.4) is 0 Å². The predicted octanol–water partition coefficient (Wildman–Crippen LogP) is 2.50. The molecule has 2 aromatic heterocycles. The van der Waals surface area contributed by atoms with Gasteiger partial charge in [0.25, 0.3) is 0 Å². The molecule has 0 aliphatic carbocycles. The van der Waals surface area contributed by atoms with Crippen LogP contribution in [-0.4, -0.2) is 43.2 Å². The van der Waals surface area contributed by atoms with Crippen LogP contribution in [0.15, 0.2) is 23.2 Å². The van der Waals surface area contributed by atoms with Gasteiger partial charge < -0.3 is 19.3 Å². The second-order valence-corrected chi connectivity index (χ2v) is 7.63. The molecule has 1 N–H and O–H groups in total. The molecule has 0 radical (unpaired) electrons. The molecular weight excluding hydrogens is 320 g/mol. The van der Waals surface area contributed by atoms with Gasteiger partial charge in [-0.15, -0.1) is 0 Å². The van der Waals surface area contributed by atoms with Crippen molar-refractivity contribution in [3.63, 3.8) is 0 Å². The fourth-order valence-corrected chi connectivity index (χ4v) is 2.98. The molecule has 2 unspecified atom stereocenters. The van der Waals surface area contributed by atoms with Gasteiger partial charge in [-0.3, -0.25) is 0 Å². The smallest absolute Gasteiger partial charge is 0.318 e. The summed E-state index contributed by atoms with van der Waals surface area (Å²) in [5, 5.41) is 7.00. The molecule has 0 aromatic carbocycles. The molecule has 2 amide bonds. The Kier molecular flexibility index (Phi) is 4.78. The molecule has 0 bridgehead atoms. The number of imidazole rings is 1. The van der Waals surface area contributed by atoms with Crippen molar-refractivity contribution in [1.29, 1.82) is 0 Å². The number of carbonyl (C=O) groups is 1. The van der Waals surface area contributed by atoms with Crippen molar-refractivity contribution in [2.45, 2.75) is 64.6 Å². The highest BCUT2D eigenvalue weighted by atomic mass is 16.5. The molecule has 2 aromatic rings. The minimum atomic E-state index is -0.328. The van der Waals surface area contributed by atoms with Crippen LogP contribution < -0.4 is 5.32 Å². The first-order valence-electron chi connectivity index (χ1n) is 8.71. The number of carbonyl (C=O) groups excluding carboxylic acids is 1. The van der Waals surface area contributed by atoms with Crippen molar-refractivity contribution in [2.24, 2.45) is 0 Å². The van der Waals surface area contributed by atoms with Gasteiger partial charge in [-0.2, -0.15) is 4.98 Å². The van der Waals surface area contributed by atoms with Gasteiger partial charge in [-0.1, -0.05) is 25.9 Å². The number of hydrogen-bond acceptors (Lipinski definition) is 5. The molecule has 2 atom stereocenters. The van der Waals surface area contributed by atoms with E-state index in [0.29, 0.717) is 11.7 Å². The summed E-state index contributed by atoms with van der Waals surface area (Å²) in [5.74, 6) is 1.08. The zero-order valence-electron chi connectivity index (χ0n) is 15.3. The summed E-state index contributed by atoms with van der Waals surface area (Å²) in [6.07, 6.45) is 7.46. The van der Waals surface area contributed by atoms with E-state index >= 15 is 0 Å². The van der Waals surface area contributed by atoms with E-state index in [1.54, 1.807) is 12.5 Å². The van der Waals surface area contributed by atoms with E-state index in [1.807, 2.05) is 43.4 Å². The van der Waals surface area contributed by atoms with Crippen LogP contribution in [0.25, 0.3) is 0 Å². The Bertz CT molecular complexity index is 703. The lowest BCUT2D eigenvalue weighted by Crippen LogP contribution is -2.45. The lowest BCUT2D eigenvalue weighted by Gasteiger charge is -2.26. The molecule has 1 aliphatic rings. The number of urea groups is 1. The maximum atomic E-state index is 12.7. The summed E-state index contributed by atoms with van der Waals surface area (Å²) >= 11 is 0. The molecule has 1 aliphatic heterocycles. The third-order valence-corrected chi connectivity index (χ3v) is 4.44. The molecule has 136 valence electrons. The number of rotatable bonds is 4. The zero-order chi connectivity index (χ0) is 18.0. The maximum absolute atomic E-state index is 12.7. The van der Waals surface area contributed by atoms with Crippen LogP contribution >= 0.6 is 0 Å². The Morgan fingerprint density at radius 2 is 2.28 bits per heavy atom. The van der Waals surface area contributed by atoms with E-state index in [0.717, 1.165) is 25.9 Å². The summed E-state index contributed by atoms with van der Waals surface area (Å²) in [4.78, 5) is 23.0. The van der Waals surface area contributed by atoms with E-state index in [-0.39, 0.29) is 23.5 Å². The lowest BCUT2D eigenvalue weighted by atomic mass is 9.96. The number of nitrogens with zero attached hydrogens (tertiary/aromatic N) is 5. The molecular formula is C17H26N6O2. The van der Waals surface area contributed by atoms with Gasteiger partial charge in [0.15, 0.2) is 5.82 Å². The monoisotopic (exact) mass is 346 g/mol. The number of aromatic nitrogens is 4. The predicted molar refractivity (Wildman–Crippen MR) is 91.9 cm³/mol. The Balaban J connectivity index is 1.61. The fraction of sp³-hybridized carbons (Fsp3) is 0.647. The summed E-state index contributed by atoms with van der Waals surface area (Å²) in [7, 11) is 0. The average molecular weight is 346 g/mol. The lowest BCUT2D eigenvalue weighted by molar-refractivity contribution is 0.181. The standard InChI is InChI=1S/C17H26N6O2/c1-12(14-20-15(21-25-14)17(2,3)4)19-16(24)23-8-5-6-13(23)10-22-9-7-18-11-22/h7,9,11-13H,5-6,8,10H2,1-4H3,(H,19,24). The Hall–Kier alpha value is -2.38. The van der Waals surface area contributed by atoms with Crippen molar-refractivity contribution < 1.29 is 9.32 Å². The minimum Gasteiger partial charge on any atom is -0.337 e. The average Bonchev–Trinajstić information content (AvgIpc) is 3.28. The second-order valence-electron chi connectivity index (χ2n) is 7.63. The topological polar surface area (TPSA) is 89.1 Å². The Morgan fingerprint density at radius 3 is 2.92 bits per heavy atom. The maximum Gasteiger partial charge on any atom is 0.318 e. The van der Waals surface area contributed by atoms with Crippen molar-refractivity contribution in [2.75, 3.05) is 6.54 Å². The van der Waals surface area contributed by atoms with E-state index in [4.69, 9.17) is 4.52 Å². The van der Waals surface area contributed by atoms with E-state index < -0.39 is 0 Å². The zero-order valence-corrected chi connectivity index (χ0v) is 15.3. The molecule has 0 spiro atoms. The van der Waals surface area contributed by atoms with Crippen LogP contribution in [0.2, 0.25) is 0 Å². The van der Waals surface area contributed by atoms with E-state index in [2.05, 4.69) is 20.4 Å². The largest absolute Gasteiger partial charge is 0.337 e. The van der Waals surface area contributed by atoms with Gasteiger partial charge in [0.05, 0.1) is 12.4 Å². The van der Waals surface area contributed by atoms with Crippen LogP contribution in [0.4, 0.5) is 4.79 Å². The quantitative estimate of drug-likeness (QED) is 0.919. The van der Waals surface area contributed by atoms with Gasteiger partial charge in [0.1, 0.15) is 6.04 Å². The number of amides is 2. The third-order valence-electron chi connectivity index (χ3n) is 4.44. The minimum absolute atomic E-state index is 0.0920. The normalized spacial score (nSPS) is 19.2. The summed E-state index contributed by atoms with van der Waals surface area (Å²) in [6.45, 7) is 9.45. The van der Waals surface area contributed by atoms with Crippen LogP contribution in [0.5, 0.6) is 0 Å². The van der Waals surface area contributed by atoms with Crippen molar-refractivity contribution in [3.8, 4) is 0 Å². The van der Waals surface area contributed by atoms with Gasteiger partial charge in [0, 0.05) is 30.9 Å². The SMILES string of the molecule is CC(NC(=O)N1CCCC1Cn1ccnc1)c1nc(C(C)(C)C)no1. The van der Waals surface area contributed by atoms with Gasteiger partial charge in [0.2, 0.25) is 5.89 Å². The molecule has 8 heteroatoms. The van der Waals surface area contributed by atoms with Gasteiger partial charge in [-0.05, 0) is 19.8 Å². The highest BCUT2D eigenvalue weighted by Crippen LogP contribution is 2.22. The molecule has 3 rings (SSSR count). The molecule has 3 heterocycles. The van der Waals surface area contributed by atoms with Gasteiger partial charge >= 0.3 is 6.03 Å². The number of likely N-dealkylation sites (tertiary alicyclic amines) is 1. The van der Waals surface area contributed by atoms with Crippen molar-refractivity contribution in [1.82, 2.24) is 29.9 Å². The Labute approximate surface area is 147 Å². The van der Waals surface area contributed by atoms with Gasteiger partial charge in [-0.25, -0.2) is 9.78 Å². The molecule has 25 heavy (non-hydrogen) atoms. The first-order chi connectivity index (χ1) is 11.8. The number of nitrogens with one attached hydrogen (secondary N) is 1.